The van der Waals surface area contributed by atoms with Crippen LogP contribution in [0, 0.1) is 22.7 Å². The third-order valence-corrected chi connectivity index (χ3v) is 8.67. The number of allylic oxidation sites excluding steroid dienone is 4. The molecule has 25 heavy (non-hydrogen) atoms. The minimum atomic E-state index is -0.212. The molecule has 5 atom stereocenters. The van der Waals surface area contributed by atoms with Crippen LogP contribution >= 0.6 is 0 Å². The molecule has 1 saturated heterocycles. The number of carbonyl (C=O) groups excluding carboxylic acids is 2. The number of hydrogen-bond donors (Lipinski definition) is 0. The summed E-state index contributed by atoms with van der Waals surface area (Å²) in [4.78, 5) is 23.8. The van der Waals surface area contributed by atoms with Gasteiger partial charge in [-0.15, -0.1) is 0 Å². The van der Waals surface area contributed by atoms with Gasteiger partial charge in [-0.1, -0.05) is 31.1 Å². The van der Waals surface area contributed by atoms with Crippen molar-refractivity contribution in [2.45, 2.75) is 77.2 Å². The summed E-state index contributed by atoms with van der Waals surface area (Å²) in [5.74, 6) is 1.54. The summed E-state index contributed by atoms with van der Waals surface area (Å²) in [5.41, 5.74) is 2.95. The first-order chi connectivity index (χ1) is 11.9. The van der Waals surface area contributed by atoms with Crippen LogP contribution in [0.15, 0.2) is 23.3 Å². The SMILES string of the molecule is CC12CCC(=O)C=C1CC[C@@H]1C2=CC[C@@]2(C)C1CC[C@@]21CCC(=O)O1. The van der Waals surface area contributed by atoms with Gasteiger partial charge in [0, 0.05) is 23.7 Å². The van der Waals surface area contributed by atoms with Gasteiger partial charge in [-0.25, -0.2) is 0 Å². The Kier molecular flexibility index (Phi) is 3.08. The Labute approximate surface area is 149 Å². The highest BCUT2D eigenvalue weighted by Crippen LogP contribution is 2.67. The van der Waals surface area contributed by atoms with E-state index in [1.807, 2.05) is 6.08 Å². The van der Waals surface area contributed by atoms with Crippen LogP contribution < -0.4 is 0 Å². The van der Waals surface area contributed by atoms with Crippen LogP contribution in [-0.2, 0) is 14.3 Å². The number of ether oxygens (including phenoxy) is 1. The summed E-state index contributed by atoms with van der Waals surface area (Å²) in [6.45, 7) is 4.75. The minimum Gasteiger partial charge on any atom is -0.458 e. The van der Waals surface area contributed by atoms with Gasteiger partial charge in [-0.05, 0) is 62.9 Å². The normalized spacial score (nSPS) is 48.4. The van der Waals surface area contributed by atoms with Crippen molar-refractivity contribution in [2.75, 3.05) is 0 Å². The minimum absolute atomic E-state index is 0.00303. The van der Waals surface area contributed by atoms with Crippen LogP contribution in [0.25, 0.3) is 0 Å². The Morgan fingerprint density at radius 2 is 1.88 bits per heavy atom. The van der Waals surface area contributed by atoms with E-state index in [1.54, 1.807) is 5.57 Å². The van der Waals surface area contributed by atoms with Gasteiger partial charge < -0.3 is 4.74 Å². The third-order valence-electron chi connectivity index (χ3n) is 8.67. The summed E-state index contributed by atoms with van der Waals surface area (Å²) < 4.78 is 5.98. The van der Waals surface area contributed by atoms with Crippen LogP contribution in [0.5, 0.6) is 0 Å². The van der Waals surface area contributed by atoms with Crippen molar-refractivity contribution in [1.82, 2.24) is 0 Å². The van der Waals surface area contributed by atoms with E-state index in [-0.39, 0.29) is 22.4 Å². The predicted molar refractivity (Wildman–Crippen MR) is 94.7 cm³/mol. The van der Waals surface area contributed by atoms with Crippen molar-refractivity contribution >= 4 is 11.8 Å². The molecule has 3 fully saturated rings. The van der Waals surface area contributed by atoms with Crippen molar-refractivity contribution in [1.29, 1.82) is 0 Å². The molecule has 5 aliphatic rings. The van der Waals surface area contributed by atoms with Crippen LogP contribution in [0.2, 0.25) is 0 Å². The second kappa shape index (κ2) is 4.86. The van der Waals surface area contributed by atoms with Gasteiger partial charge in [-0.2, -0.15) is 0 Å². The first-order valence-electron chi connectivity index (χ1n) is 10.0. The predicted octanol–water partition coefficient (Wildman–Crippen LogP) is 4.51. The molecular weight excluding hydrogens is 312 g/mol. The Morgan fingerprint density at radius 1 is 1.04 bits per heavy atom. The number of ketones is 1. The van der Waals surface area contributed by atoms with E-state index in [2.05, 4.69) is 19.9 Å². The molecule has 2 unspecified atom stereocenters. The molecule has 134 valence electrons. The zero-order valence-electron chi connectivity index (χ0n) is 15.4. The smallest absolute Gasteiger partial charge is 0.306 e. The molecule has 0 bridgehead atoms. The number of fused-ring (bicyclic) bond motifs is 6. The van der Waals surface area contributed by atoms with E-state index < -0.39 is 0 Å². The van der Waals surface area contributed by atoms with Gasteiger partial charge in [0.25, 0.3) is 0 Å². The van der Waals surface area contributed by atoms with Crippen molar-refractivity contribution in [3.05, 3.63) is 23.3 Å². The standard InChI is InChI=1S/C22H28O3/c1-20-9-5-15(23)13-14(20)3-4-16-17(20)6-10-21(2)18(16)7-11-22(21)12-8-19(24)25-22/h6,13,16,18H,3-5,7-12H2,1-2H3/t16-,18?,20?,21+,22-/m1/s1. The van der Waals surface area contributed by atoms with Crippen LogP contribution in [0.3, 0.4) is 0 Å². The molecule has 1 aliphatic heterocycles. The maximum absolute atomic E-state index is 11.9. The van der Waals surface area contributed by atoms with E-state index in [0.717, 1.165) is 38.5 Å². The van der Waals surface area contributed by atoms with E-state index >= 15 is 0 Å². The highest BCUT2D eigenvalue weighted by Gasteiger charge is 2.65. The number of esters is 1. The molecule has 0 radical (unpaired) electrons. The van der Waals surface area contributed by atoms with Gasteiger partial charge in [0.15, 0.2) is 5.78 Å². The van der Waals surface area contributed by atoms with Gasteiger partial charge in [-0.3, -0.25) is 9.59 Å². The van der Waals surface area contributed by atoms with E-state index in [0.29, 0.717) is 30.5 Å². The number of hydrogen-bond acceptors (Lipinski definition) is 3. The lowest BCUT2D eigenvalue weighted by Gasteiger charge is -2.54. The van der Waals surface area contributed by atoms with Crippen molar-refractivity contribution in [3.8, 4) is 0 Å². The number of carbonyl (C=O) groups is 2. The molecule has 5 rings (SSSR count). The Bertz CT molecular complexity index is 732. The quantitative estimate of drug-likeness (QED) is 0.481. The van der Waals surface area contributed by atoms with Gasteiger partial charge in [0.1, 0.15) is 5.60 Å². The zero-order valence-corrected chi connectivity index (χ0v) is 15.4. The van der Waals surface area contributed by atoms with E-state index in [4.69, 9.17) is 4.74 Å². The summed E-state index contributed by atoms with van der Waals surface area (Å²) in [5, 5.41) is 0. The average molecular weight is 340 g/mol. The fraction of sp³-hybridized carbons (Fsp3) is 0.727. The molecule has 0 aromatic heterocycles. The first-order valence-corrected chi connectivity index (χ1v) is 10.0. The monoisotopic (exact) mass is 340 g/mol. The van der Waals surface area contributed by atoms with Gasteiger partial charge in [0.05, 0.1) is 0 Å². The maximum Gasteiger partial charge on any atom is 0.306 e. The van der Waals surface area contributed by atoms with Crippen LogP contribution in [0.4, 0.5) is 0 Å². The summed E-state index contributed by atoms with van der Waals surface area (Å²) in [6, 6.07) is 0. The molecule has 3 heteroatoms. The van der Waals surface area contributed by atoms with E-state index in [9.17, 15) is 9.59 Å². The fourth-order valence-corrected chi connectivity index (χ4v) is 7.14. The van der Waals surface area contributed by atoms with Crippen molar-refractivity contribution in [2.24, 2.45) is 22.7 Å². The molecule has 0 aromatic rings. The maximum atomic E-state index is 11.9. The molecule has 3 nitrogen and oxygen atoms in total. The van der Waals surface area contributed by atoms with Crippen LogP contribution in [0.1, 0.15) is 71.6 Å². The topological polar surface area (TPSA) is 43.4 Å². The average Bonchev–Trinajstić information content (AvgIpc) is 3.10. The highest BCUT2D eigenvalue weighted by atomic mass is 16.6. The molecule has 2 saturated carbocycles. The summed E-state index contributed by atoms with van der Waals surface area (Å²) in [7, 11) is 0. The molecule has 1 heterocycles. The molecule has 0 amide bonds. The first kappa shape index (κ1) is 15.8. The second-order valence-corrected chi connectivity index (χ2v) is 9.51. The summed E-state index contributed by atoms with van der Waals surface area (Å²) >= 11 is 0. The largest absolute Gasteiger partial charge is 0.458 e. The van der Waals surface area contributed by atoms with Gasteiger partial charge >= 0.3 is 5.97 Å². The summed E-state index contributed by atoms with van der Waals surface area (Å²) in [6.07, 6.45) is 13.1. The molecule has 4 aliphatic carbocycles. The lowest BCUT2D eigenvalue weighted by molar-refractivity contribution is -0.160. The highest BCUT2D eigenvalue weighted by molar-refractivity contribution is 5.92. The van der Waals surface area contributed by atoms with Crippen LogP contribution in [-0.4, -0.2) is 17.4 Å². The Hall–Kier alpha value is -1.38. The second-order valence-electron chi connectivity index (χ2n) is 9.51. The van der Waals surface area contributed by atoms with Crippen molar-refractivity contribution < 1.29 is 14.3 Å². The van der Waals surface area contributed by atoms with Gasteiger partial charge in [0.2, 0.25) is 0 Å². The molecule has 0 aromatic carbocycles. The fourth-order valence-electron chi connectivity index (χ4n) is 7.14. The zero-order chi connectivity index (χ0) is 17.4. The molecule has 0 N–H and O–H groups in total. The Balaban J connectivity index is 1.55. The van der Waals surface area contributed by atoms with E-state index in [1.165, 1.54) is 12.0 Å². The molecule has 1 spiro atoms. The Morgan fingerprint density at radius 3 is 2.64 bits per heavy atom. The third kappa shape index (κ3) is 1.88. The number of rotatable bonds is 0. The van der Waals surface area contributed by atoms with Crippen molar-refractivity contribution in [3.63, 3.8) is 0 Å². The molecular formula is C22H28O3. The lowest BCUT2D eigenvalue weighted by atomic mass is 9.50. The lowest BCUT2D eigenvalue weighted by Crippen LogP contribution is -2.50.